The highest BCUT2D eigenvalue weighted by Crippen LogP contribution is 2.26. The quantitative estimate of drug-likeness (QED) is 0.840. The van der Waals surface area contributed by atoms with Crippen LogP contribution < -0.4 is 5.32 Å². The van der Waals surface area contributed by atoms with Gasteiger partial charge in [0.05, 0.1) is 5.54 Å². The summed E-state index contributed by atoms with van der Waals surface area (Å²) in [6.07, 6.45) is 9.40. The number of likely N-dealkylation sites (tertiary alicyclic amines) is 1. The standard InChI is InChI=1S/C14H26N2O.ClH/c1-2-14(9-8-10-15-14)13(17)16-11-6-4-3-5-7-12-16;/h15H,2-12H2,1H3;1H. The third kappa shape index (κ3) is 3.39. The average molecular weight is 275 g/mol. The van der Waals surface area contributed by atoms with Gasteiger partial charge in [-0.1, -0.05) is 26.2 Å². The Morgan fingerprint density at radius 2 is 1.72 bits per heavy atom. The maximum atomic E-state index is 12.7. The third-order valence-electron chi connectivity index (χ3n) is 4.40. The van der Waals surface area contributed by atoms with Crippen LogP contribution in [-0.4, -0.2) is 36.0 Å². The van der Waals surface area contributed by atoms with Crippen molar-refractivity contribution in [3.8, 4) is 0 Å². The van der Waals surface area contributed by atoms with E-state index in [0.29, 0.717) is 5.91 Å². The van der Waals surface area contributed by atoms with Crippen molar-refractivity contribution >= 4 is 18.3 Å². The Bertz CT molecular complexity index is 257. The number of halogens is 1. The van der Waals surface area contributed by atoms with E-state index in [1.165, 1.54) is 32.1 Å². The van der Waals surface area contributed by atoms with E-state index in [-0.39, 0.29) is 17.9 Å². The van der Waals surface area contributed by atoms with Crippen LogP contribution in [0.4, 0.5) is 0 Å². The molecule has 1 N–H and O–H groups in total. The molecule has 18 heavy (non-hydrogen) atoms. The van der Waals surface area contributed by atoms with Crippen molar-refractivity contribution in [1.82, 2.24) is 10.2 Å². The first-order valence-corrected chi connectivity index (χ1v) is 7.33. The summed E-state index contributed by atoms with van der Waals surface area (Å²) in [5.74, 6) is 0.374. The topological polar surface area (TPSA) is 32.3 Å². The number of nitrogens with zero attached hydrogens (tertiary/aromatic N) is 1. The lowest BCUT2D eigenvalue weighted by Gasteiger charge is -2.35. The van der Waals surface area contributed by atoms with Gasteiger partial charge in [0.1, 0.15) is 0 Å². The molecule has 0 bridgehead atoms. The van der Waals surface area contributed by atoms with Crippen LogP contribution >= 0.6 is 12.4 Å². The Balaban J connectivity index is 0.00000162. The van der Waals surface area contributed by atoms with Crippen LogP contribution in [0.1, 0.15) is 58.3 Å². The third-order valence-corrected chi connectivity index (χ3v) is 4.40. The van der Waals surface area contributed by atoms with Gasteiger partial charge in [-0.15, -0.1) is 12.4 Å². The molecule has 2 saturated heterocycles. The van der Waals surface area contributed by atoms with Crippen LogP contribution in [0.5, 0.6) is 0 Å². The van der Waals surface area contributed by atoms with Gasteiger partial charge >= 0.3 is 0 Å². The Morgan fingerprint density at radius 3 is 2.22 bits per heavy atom. The largest absolute Gasteiger partial charge is 0.341 e. The second-order valence-electron chi connectivity index (χ2n) is 5.53. The SMILES string of the molecule is CCC1(C(=O)N2CCCCCCC2)CCCN1.Cl. The zero-order valence-corrected chi connectivity index (χ0v) is 12.4. The highest BCUT2D eigenvalue weighted by atomic mass is 35.5. The van der Waals surface area contributed by atoms with Crippen LogP contribution in [0.2, 0.25) is 0 Å². The highest BCUT2D eigenvalue weighted by molar-refractivity contribution is 5.86. The lowest BCUT2D eigenvalue weighted by Crippen LogP contribution is -2.55. The summed E-state index contributed by atoms with van der Waals surface area (Å²) in [5, 5.41) is 3.46. The molecule has 0 aromatic carbocycles. The maximum Gasteiger partial charge on any atom is 0.242 e. The Labute approximate surface area is 117 Å². The minimum Gasteiger partial charge on any atom is -0.341 e. The van der Waals surface area contributed by atoms with Gasteiger partial charge in [0, 0.05) is 13.1 Å². The molecule has 1 atom stereocenters. The first-order valence-electron chi connectivity index (χ1n) is 7.33. The van der Waals surface area contributed by atoms with Gasteiger partial charge in [-0.05, 0) is 38.6 Å². The summed E-state index contributed by atoms with van der Waals surface area (Å²) in [5.41, 5.74) is -0.223. The van der Waals surface area contributed by atoms with E-state index in [9.17, 15) is 4.79 Å². The molecule has 0 aromatic rings. The van der Waals surface area contributed by atoms with E-state index in [4.69, 9.17) is 0 Å². The molecule has 2 rings (SSSR count). The lowest BCUT2D eigenvalue weighted by atomic mass is 9.91. The van der Waals surface area contributed by atoms with Crippen LogP contribution in [0.25, 0.3) is 0 Å². The second kappa shape index (κ2) is 7.34. The van der Waals surface area contributed by atoms with Crippen molar-refractivity contribution in [3.05, 3.63) is 0 Å². The average Bonchev–Trinajstić information content (AvgIpc) is 2.77. The summed E-state index contributed by atoms with van der Waals surface area (Å²) in [6.45, 7) is 5.10. The van der Waals surface area contributed by atoms with Gasteiger partial charge in [0.2, 0.25) is 5.91 Å². The van der Waals surface area contributed by atoms with Crippen LogP contribution in [0.3, 0.4) is 0 Å². The molecule has 2 heterocycles. The van der Waals surface area contributed by atoms with Crippen LogP contribution in [0.15, 0.2) is 0 Å². The molecular weight excluding hydrogens is 248 g/mol. The van der Waals surface area contributed by atoms with E-state index in [0.717, 1.165) is 38.9 Å². The number of nitrogens with one attached hydrogen (secondary N) is 1. The molecule has 2 aliphatic heterocycles. The normalized spacial score (nSPS) is 29.3. The number of carbonyl (C=O) groups is 1. The summed E-state index contributed by atoms with van der Waals surface area (Å²) < 4.78 is 0. The fraction of sp³-hybridized carbons (Fsp3) is 0.929. The van der Waals surface area contributed by atoms with Gasteiger partial charge in [0.25, 0.3) is 0 Å². The van der Waals surface area contributed by atoms with Gasteiger partial charge in [-0.3, -0.25) is 4.79 Å². The van der Waals surface area contributed by atoms with Gasteiger partial charge in [0.15, 0.2) is 0 Å². The fourth-order valence-electron chi connectivity index (χ4n) is 3.19. The minimum atomic E-state index is -0.223. The summed E-state index contributed by atoms with van der Waals surface area (Å²) in [6, 6.07) is 0. The van der Waals surface area contributed by atoms with E-state index in [1.54, 1.807) is 0 Å². The first kappa shape index (κ1) is 15.8. The van der Waals surface area contributed by atoms with Gasteiger partial charge in [-0.2, -0.15) is 0 Å². The molecular formula is C14H27ClN2O. The van der Waals surface area contributed by atoms with Gasteiger partial charge in [-0.25, -0.2) is 0 Å². The smallest absolute Gasteiger partial charge is 0.242 e. The van der Waals surface area contributed by atoms with Crippen LogP contribution in [0, 0.1) is 0 Å². The minimum absolute atomic E-state index is 0. The van der Waals surface area contributed by atoms with Crippen molar-refractivity contribution in [2.75, 3.05) is 19.6 Å². The summed E-state index contributed by atoms with van der Waals surface area (Å²) in [7, 11) is 0. The predicted octanol–water partition coefficient (Wildman–Crippen LogP) is 2.73. The fourth-order valence-corrected chi connectivity index (χ4v) is 3.19. The Hall–Kier alpha value is -0.280. The molecule has 1 amide bonds. The Kier molecular flexibility index (Phi) is 6.44. The van der Waals surface area contributed by atoms with Crippen molar-refractivity contribution in [3.63, 3.8) is 0 Å². The molecule has 0 aromatic heterocycles. The van der Waals surface area contributed by atoms with Crippen molar-refractivity contribution in [2.24, 2.45) is 0 Å². The van der Waals surface area contributed by atoms with Crippen molar-refractivity contribution in [2.45, 2.75) is 63.8 Å². The summed E-state index contributed by atoms with van der Waals surface area (Å²) in [4.78, 5) is 14.8. The highest BCUT2D eigenvalue weighted by Gasteiger charge is 2.41. The molecule has 0 spiro atoms. The maximum absolute atomic E-state index is 12.7. The molecule has 0 aliphatic carbocycles. The zero-order valence-electron chi connectivity index (χ0n) is 11.5. The monoisotopic (exact) mass is 274 g/mol. The first-order chi connectivity index (χ1) is 8.28. The molecule has 2 aliphatic rings. The molecule has 106 valence electrons. The van der Waals surface area contributed by atoms with E-state index in [2.05, 4.69) is 17.1 Å². The van der Waals surface area contributed by atoms with Gasteiger partial charge < -0.3 is 10.2 Å². The number of carbonyl (C=O) groups excluding carboxylic acids is 1. The zero-order chi connectivity index (χ0) is 12.1. The summed E-state index contributed by atoms with van der Waals surface area (Å²) >= 11 is 0. The number of hydrogen-bond acceptors (Lipinski definition) is 2. The predicted molar refractivity (Wildman–Crippen MR) is 77.2 cm³/mol. The van der Waals surface area contributed by atoms with E-state index < -0.39 is 0 Å². The number of rotatable bonds is 2. The van der Waals surface area contributed by atoms with E-state index >= 15 is 0 Å². The molecule has 3 nitrogen and oxygen atoms in total. The van der Waals surface area contributed by atoms with E-state index in [1.807, 2.05) is 0 Å². The van der Waals surface area contributed by atoms with Crippen LogP contribution in [-0.2, 0) is 4.79 Å². The number of amides is 1. The molecule has 0 saturated carbocycles. The Morgan fingerprint density at radius 1 is 1.11 bits per heavy atom. The number of hydrogen-bond donors (Lipinski definition) is 1. The molecule has 4 heteroatoms. The van der Waals surface area contributed by atoms with Crippen molar-refractivity contribution < 1.29 is 4.79 Å². The molecule has 2 fully saturated rings. The molecule has 1 unspecified atom stereocenters. The second-order valence-corrected chi connectivity index (χ2v) is 5.53. The van der Waals surface area contributed by atoms with Crippen molar-refractivity contribution in [1.29, 1.82) is 0 Å². The molecule has 0 radical (unpaired) electrons. The lowest BCUT2D eigenvalue weighted by molar-refractivity contribution is -0.138.